The van der Waals surface area contributed by atoms with E-state index in [4.69, 9.17) is 0 Å². The number of rotatable bonds is 2. The Balaban J connectivity index is 2.16. The molecule has 1 heterocycles. The highest BCUT2D eigenvalue weighted by Gasteiger charge is 2.08. The molecule has 0 aliphatic heterocycles. The molecule has 0 fully saturated rings. The Morgan fingerprint density at radius 1 is 1.11 bits per heavy atom. The summed E-state index contributed by atoms with van der Waals surface area (Å²) in [6.07, 6.45) is 0. The fourth-order valence-corrected chi connectivity index (χ4v) is 1.55. The number of nitrogens with zero attached hydrogens (tertiary/aromatic N) is 3. The molecule has 0 aliphatic carbocycles. The number of amides is 1. The van der Waals surface area contributed by atoms with Crippen LogP contribution in [0.15, 0.2) is 28.7 Å². The largest absolute Gasteiger partial charge is 0.289 e. The van der Waals surface area contributed by atoms with Crippen LogP contribution in [-0.2, 0) is 0 Å². The van der Waals surface area contributed by atoms with Gasteiger partial charge in [-0.1, -0.05) is 15.9 Å². The second-order valence-electron chi connectivity index (χ2n) is 3.77. The van der Waals surface area contributed by atoms with Gasteiger partial charge in [0.15, 0.2) is 0 Å². The van der Waals surface area contributed by atoms with Crippen molar-refractivity contribution in [2.24, 2.45) is 0 Å². The molecule has 92 valence electrons. The number of anilines is 1. The summed E-state index contributed by atoms with van der Waals surface area (Å²) in [6, 6.07) is 7.03. The number of hydrogen-bond donors (Lipinski definition) is 1. The molecule has 0 unspecified atom stereocenters. The smallest absolute Gasteiger partial charge is 0.258 e. The average molecular weight is 307 g/mol. The number of benzene rings is 1. The van der Waals surface area contributed by atoms with Crippen molar-refractivity contribution in [2.45, 2.75) is 13.8 Å². The fraction of sp³-hybridized carbons (Fsp3) is 0.167. The van der Waals surface area contributed by atoms with Gasteiger partial charge in [0.2, 0.25) is 5.95 Å². The van der Waals surface area contributed by atoms with Gasteiger partial charge in [0.1, 0.15) is 0 Å². The maximum atomic E-state index is 11.9. The summed E-state index contributed by atoms with van der Waals surface area (Å²) in [5.41, 5.74) is 2.03. The van der Waals surface area contributed by atoms with Crippen LogP contribution in [-0.4, -0.2) is 21.1 Å². The SMILES string of the molecule is Cc1nnc(NC(=O)c2ccc(Br)cc2)nc1C. The van der Waals surface area contributed by atoms with Gasteiger partial charge in [0.25, 0.3) is 5.91 Å². The first-order valence-corrected chi connectivity index (χ1v) is 6.10. The Morgan fingerprint density at radius 2 is 1.78 bits per heavy atom. The molecule has 18 heavy (non-hydrogen) atoms. The van der Waals surface area contributed by atoms with Gasteiger partial charge < -0.3 is 0 Å². The lowest BCUT2D eigenvalue weighted by Gasteiger charge is -2.04. The molecule has 0 spiro atoms. The fourth-order valence-electron chi connectivity index (χ4n) is 1.28. The molecular formula is C12H11BrN4O. The van der Waals surface area contributed by atoms with E-state index in [1.807, 2.05) is 13.8 Å². The highest BCUT2D eigenvalue weighted by Crippen LogP contribution is 2.11. The predicted octanol–water partition coefficient (Wildman–Crippen LogP) is 2.50. The lowest BCUT2D eigenvalue weighted by Crippen LogP contribution is -2.15. The minimum absolute atomic E-state index is 0.214. The van der Waals surface area contributed by atoms with E-state index in [9.17, 15) is 4.79 Å². The van der Waals surface area contributed by atoms with Crippen molar-refractivity contribution in [3.8, 4) is 0 Å². The molecule has 1 aromatic heterocycles. The summed E-state index contributed by atoms with van der Waals surface area (Å²) in [5, 5.41) is 10.3. The molecular weight excluding hydrogens is 296 g/mol. The molecule has 2 aromatic rings. The van der Waals surface area contributed by atoms with Gasteiger partial charge in [0, 0.05) is 10.0 Å². The third kappa shape index (κ3) is 2.89. The van der Waals surface area contributed by atoms with Gasteiger partial charge in [0.05, 0.1) is 11.4 Å². The molecule has 0 saturated heterocycles. The van der Waals surface area contributed by atoms with E-state index < -0.39 is 0 Å². The second-order valence-corrected chi connectivity index (χ2v) is 4.68. The first-order chi connectivity index (χ1) is 8.56. The van der Waals surface area contributed by atoms with Gasteiger partial charge in [-0.2, -0.15) is 5.10 Å². The molecule has 2 rings (SSSR count). The van der Waals surface area contributed by atoms with Crippen molar-refractivity contribution in [3.05, 3.63) is 45.7 Å². The highest BCUT2D eigenvalue weighted by molar-refractivity contribution is 9.10. The van der Waals surface area contributed by atoms with Crippen LogP contribution in [0.5, 0.6) is 0 Å². The van der Waals surface area contributed by atoms with Crippen LogP contribution in [0.1, 0.15) is 21.7 Å². The molecule has 0 atom stereocenters. The molecule has 0 bridgehead atoms. The van der Waals surface area contributed by atoms with E-state index in [0.717, 1.165) is 15.9 Å². The van der Waals surface area contributed by atoms with Crippen LogP contribution in [0.4, 0.5) is 5.95 Å². The summed E-state index contributed by atoms with van der Waals surface area (Å²) in [7, 11) is 0. The predicted molar refractivity (Wildman–Crippen MR) is 71.4 cm³/mol. The standard InChI is InChI=1S/C12H11BrN4O/c1-7-8(2)16-17-12(14-7)15-11(18)9-3-5-10(13)6-4-9/h3-6H,1-2H3,(H,14,15,17,18). The van der Waals surface area contributed by atoms with Crippen LogP contribution in [0.2, 0.25) is 0 Å². The first-order valence-electron chi connectivity index (χ1n) is 5.31. The number of hydrogen-bond acceptors (Lipinski definition) is 4. The van der Waals surface area contributed by atoms with Crippen molar-refractivity contribution in [2.75, 3.05) is 5.32 Å². The lowest BCUT2D eigenvalue weighted by atomic mass is 10.2. The summed E-state index contributed by atoms with van der Waals surface area (Å²) in [4.78, 5) is 16.0. The number of aryl methyl sites for hydroxylation is 2. The Bertz CT molecular complexity index is 583. The quantitative estimate of drug-likeness (QED) is 0.925. The zero-order chi connectivity index (χ0) is 13.1. The second kappa shape index (κ2) is 5.22. The minimum atomic E-state index is -0.257. The zero-order valence-corrected chi connectivity index (χ0v) is 11.5. The third-order valence-corrected chi connectivity index (χ3v) is 2.95. The Labute approximate surface area is 113 Å². The van der Waals surface area contributed by atoms with Crippen molar-refractivity contribution >= 4 is 27.8 Å². The van der Waals surface area contributed by atoms with Crippen LogP contribution in [0.3, 0.4) is 0 Å². The number of carbonyl (C=O) groups is 1. The maximum absolute atomic E-state index is 11.9. The van der Waals surface area contributed by atoms with Gasteiger partial charge >= 0.3 is 0 Å². The van der Waals surface area contributed by atoms with Crippen LogP contribution >= 0.6 is 15.9 Å². The topological polar surface area (TPSA) is 67.8 Å². The van der Waals surface area contributed by atoms with Gasteiger partial charge in [-0.3, -0.25) is 10.1 Å². The molecule has 5 nitrogen and oxygen atoms in total. The monoisotopic (exact) mass is 306 g/mol. The first kappa shape index (κ1) is 12.6. The third-order valence-electron chi connectivity index (χ3n) is 2.42. The molecule has 6 heteroatoms. The van der Waals surface area contributed by atoms with Crippen molar-refractivity contribution in [3.63, 3.8) is 0 Å². The normalized spacial score (nSPS) is 10.2. The Morgan fingerprint density at radius 3 is 2.39 bits per heavy atom. The average Bonchev–Trinajstić information content (AvgIpc) is 2.34. The summed E-state index contributed by atoms with van der Waals surface area (Å²) in [6.45, 7) is 3.63. The Hall–Kier alpha value is -1.82. The van der Waals surface area contributed by atoms with Gasteiger partial charge in [-0.05, 0) is 38.1 Å². The number of halogens is 1. The lowest BCUT2D eigenvalue weighted by molar-refractivity contribution is 0.102. The zero-order valence-electron chi connectivity index (χ0n) is 9.94. The number of aromatic nitrogens is 3. The molecule has 1 N–H and O–H groups in total. The van der Waals surface area contributed by atoms with E-state index in [-0.39, 0.29) is 11.9 Å². The number of carbonyl (C=O) groups excluding carboxylic acids is 1. The summed E-state index contributed by atoms with van der Waals surface area (Å²) in [5.74, 6) is -0.0430. The van der Waals surface area contributed by atoms with Crippen LogP contribution in [0, 0.1) is 13.8 Å². The van der Waals surface area contributed by atoms with Gasteiger partial charge in [-0.15, -0.1) is 5.10 Å². The summed E-state index contributed by atoms with van der Waals surface area (Å²) < 4.78 is 0.920. The van der Waals surface area contributed by atoms with E-state index in [0.29, 0.717) is 5.56 Å². The Kier molecular flexibility index (Phi) is 3.66. The van der Waals surface area contributed by atoms with E-state index in [2.05, 4.69) is 36.4 Å². The summed E-state index contributed by atoms with van der Waals surface area (Å²) >= 11 is 3.31. The van der Waals surface area contributed by atoms with E-state index >= 15 is 0 Å². The van der Waals surface area contributed by atoms with E-state index in [1.165, 1.54) is 0 Å². The molecule has 1 aromatic carbocycles. The van der Waals surface area contributed by atoms with Crippen molar-refractivity contribution in [1.29, 1.82) is 0 Å². The van der Waals surface area contributed by atoms with Gasteiger partial charge in [-0.25, -0.2) is 4.98 Å². The molecule has 0 saturated carbocycles. The van der Waals surface area contributed by atoms with Crippen molar-refractivity contribution < 1.29 is 4.79 Å². The molecule has 0 aliphatic rings. The molecule has 1 amide bonds. The highest BCUT2D eigenvalue weighted by atomic mass is 79.9. The maximum Gasteiger partial charge on any atom is 0.258 e. The number of nitrogens with one attached hydrogen (secondary N) is 1. The minimum Gasteiger partial charge on any atom is -0.289 e. The van der Waals surface area contributed by atoms with Crippen molar-refractivity contribution in [1.82, 2.24) is 15.2 Å². The van der Waals surface area contributed by atoms with Crippen LogP contribution in [0.25, 0.3) is 0 Å². The van der Waals surface area contributed by atoms with E-state index in [1.54, 1.807) is 24.3 Å². The molecule has 0 radical (unpaired) electrons. The van der Waals surface area contributed by atoms with Crippen LogP contribution < -0.4 is 5.32 Å².